The number of nitrogens with zero attached hydrogens (tertiary/aromatic N) is 1. The highest BCUT2D eigenvalue weighted by Gasteiger charge is 2.48. The lowest BCUT2D eigenvalue weighted by atomic mass is 9.74. The van der Waals surface area contributed by atoms with Crippen LogP contribution in [0, 0.1) is 0 Å². The second kappa shape index (κ2) is 16.4. The molecule has 0 amide bonds. The highest BCUT2D eigenvalue weighted by atomic mass is 16.3. The van der Waals surface area contributed by atoms with Gasteiger partial charge in [-0.05, 0) is 64.5 Å². The largest absolute Gasteiger partial charge is 0.393 e. The van der Waals surface area contributed by atoms with Gasteiger partial charge in [0.2, 0.25) is 0 Å². The van der Waals surface area contributed by atoms with Gasteiger partial charge in [0.1, 0.15) is 0 Å². The lowest BCUT2D eigenvalue weighted by molar-refractivity contribution is -0.0816. The van der Waals surface area contributed by atoms with Crippen molar-refractivity contribution in [1.29, 1.82) is 0 Å². The Morgan fingerprint density at radius 3 is 1.29 bits per heavy atom. The van der Waals surface area contributed by atoms with Gasteiger partial charge in [-0.15, -0.1) is 0 Å². The van der Waals surface area contributed by atoms with Crippen molar-refractivity contribution < 1.29 is 10.2 Å². The van der Waals surface area contributed by atoms with E-state index in [1.165, 1.54) is 49.7 Å². The van der Waals surface area contributed by atoms with Crippen LogP contribution < -0.4 is 0 Å². The minimum atomic E-state index is -0.411. The van der Waals surface area contributed by atoms with E-state index in [-0.39, 0.29) is 18.2 Å². The molecule has 214 valence electrons. The molecule has 0 bridgehead atoms. The number of aliphatic hydroxyl groups is 2. The van der Waals surface area contributed by atoms with Gasteiger partial charge in [-0.25, -0.2) is 0 Å². The van der Waals surface area contributed by atoms with Crippen LogP contribution in [0.25, 0.3) is 0 Å². The SMILES string of the molecule is CCCCCCC(O)CC(C)(c1ccccc1)N(C(C)C)C(C)(CC(O)CCCCCC)c1ccccc1. The van der Waals surface area contributed by atoms with Gasteiger partial charge in [-0.1, -0.05) is 126 Å². The Labute approximate surface area is 234 Å². The van der Waals surface area contributed by atoms with Crippen LogP contribution >= 0.6 is 0 Å². The summed E-state index contributed by atoms with van der Waals surface area (Å²) >= 11 is 0. The molecule has 0 heterocycles. The summed E-state index contributed by atoms with van der Waals surface area (Å²) in [4.78, 5) is 2.61. The molecule has 0 radical (unpaired) electrons. The normalized spacial score (nSPS) is 16.8. The topological polar surface area (TPSA) is 43.7 Å². The van der Waals surface area contributed by atoms with Crippen molar-refractivity contribution in [2.75, 3.05) is 0 Å². The van der Waals surface area contributed by atoms with E-state index < -0.39 is 11.1 Å². The van der Waals surface area contributed by atoms with Gasteiger partial charge in [0, 0.05) is 17.1 Å². The van der Waals surface area contributed by atoms with E-state index in [0.717, 1.165) is 25.7 Å². The molecule has 2 aromatic carbocycles. The van der Waals surface area contributed by atoms with Crippen LogP contribution in [0.1, 0.15) is 130 Å². The number of hydrogen-bond donors (Lipinski definition) is 2. The summed E-state index contributed by atoms with van der Waals surface area (Å²) in [5, 5.41) is 22.8. The number of aliphatic hydroxyl groups excluding tert-OH is 2. The maximum atomic E-state index is 11.4. The molecule has 3 nitrogen and oxygen atoms in total. The fourth-order valence-electron chi connectivity index (χ4n) is 6.72. The third-order valence-electron chi connectivity index (χ3n) is 8.42. The van der Waals surface area contributed by atoms with Crippen molar-refractivity contribution in [3.05, 3.63) is 71.8 Å². The monoisotopic (exact) mass is 523 g/mol. The standard InChI is InChI=1S/C35H57NO2/c1-7-9-11-19-25-32(37)27-34(5,30-21-15-13-16-22-30)36(29(3)4)35(6,31-23-17-14-18-24-31)28-33(38)26-20-12-10-8-2/h13-18,21-24,29,32-33,37-38H,7-12,19-20,25-28H2,1-6H3. The summed E-state index contributed by atoms with van der Waals surface area (Å²) < 4.78 is 0. The van der Waals surface area contributed by atoms with Crippen molar-refractivity contribution >= 4 is 0 Å². The van der Waals surface area contributed by atoms with E-state index >= 15 is 0 Å². The number of unbranched alkanes of at least 4 members (excludes halogenated alkanes) is 6. The van der Waals surface area contributed by atoms with Gasteiger partial charge in [0.05, 0.1) is 12.2 Å². The Morgan fingerprint density at radius 1 is 0.605 bits per heavy atom. The predicted molar refractivity (Wildman–Crippen MR) is 163 cm³/mol. The number of rotatable bonds is 19. The Bertz CT molecular complexity index is 801. The van der Waals surface area contributed by atoms with Crippen LogP contribution in [0.3, 0.4) is 0 Å². The molecule has 4 unspecified atom stereocenters. The molecule has 2 N–H and O–H groups in total. The maximum Gasteiger partial charge on any atom is 0.0561 e. The lowest BCUT2D eigenvalue weighted by Crippen LogP contribution is -2.59. The summed E-state index contributed by atoms with van der Waals surface area (Å²) in [6.07, 6.45) is 11.6. The van der Waals surface area contributed by atoms with Crippen LogP contribution in [0.5, 0.6) is 0 Å². The highest BCUT2D eigenvalue weighted by Crippen LogP contribution is 2.46. The van der Waals surface area contributed by atoms with Crippen LogP contribution in [0.2, 0.25) is 0 Å². The molecule has 0 saturated heterocycles. The van der Waals surface area contributed by atoms with Crippen LogP contribution in [0.15, 0.2) is 60.7 Å². The van der Waals surface area contributed by atoms with Crippen molar-refractivity contribution in [3.63, 3.8) is 0 Å². The van der Waals surface area contributed by atoms with Crippen molar-refractivity contribution in [1.82, 2.24) is 4.90 Å². The summed E-state index contributed by atoms with van der Waals surface area (Å²) in [6, 6.07) is 21.6. The maximum absolute atomic E-state index is 11.4. The van der Waals surface area contributed by atoms with Gasteiger partial charge in [-0.3, -0.25) is 4.90 Å². The Morgan fingerprint density at radius 2 is 0.974 bits per heavy atom. The average Bonchev–Trinajstić information content (AvgIpc) is 2.90. The number of hydrogen-bond acceptors (Lipinski definition) is 3. The summed E-state index contributed by atoms with van der Waals surface area (Å²) in [5.41, 5.74) is 1.62. The molecule has 0 spiro atoms. The lowest BCUT2D eigenvalue weighted by Gasteiger charge is -2.56. The van der Waals surface area contributed by atoms with E-state index in [0.29, 0.717) is 12.8 Å². The third kappa shape index (κ3) is 9.21. The zero-order valence-corrected chi connectivity index (χ0v) is 25.3. The van der Waals surface area contributed by atoms with Crippen molar-refractivity contribution in [2.45, 2.75) is 148 Å². The molecule has 0 aliphatic carbocycles. The molecule has 0 aliphatic rings. The molecule has 0 aliphatic heterocycles. The molecule has 0 saturated carbocycles. The van der Waals surface area contributed by atoms with Crippen LogP contribution in [0.4, 0.5) is 0 Å². The molecule has 2 aromatic rings. The van der Waals surface area contributed by atoms with Gasteiger partial charge in [0.15, 0.2) is 0 Å². The van der Waals surface area contributed by atoms with E-state index in [1.54, 1.807) is 0 Å². The smallest absolute Gasteiger partial charge is 0.0561 e. The second-order valence-electron chi connectivity index (χ2n) is 12.2. The summed E-state index contributed by atoms with van der Waals surface area (Å²) in [7, 11) is 0. The first kappa shape index (κ1) is 32.5. The van der Waals surface area contributed by atoms with Gasteiger partial charge in [0.25, 0.3) is 0 Å². The van der Waals surface area contributed by atoms with E-state index in [1.807, 2.05) is 0 Å². The summed E-state index contributed by atoms with van der Waals surface area (Å²) in [6.45, 7) is 13.6. The minimum Gasteiger partial charge on any atom is -0.393 e. The van der Waals surface area contributed by atoms with Crippen LogP contribution in [-0.4, -0.2) is 33.4 Å². The first-order valence-electron chi connectivity index (χ1n) is 15.5. The van der Waals surface area contributed by atoms with E-state index in [2.05, 4.69) is 107 Å². The average molecular weight is 524 g/mol. The predicted octanol–water partition coefficient (Wildman–Crippen LogP) is 8.97. The molecule has 38 heavy (non-hydrogen) atoms. The Balaban J connectivity index is 2.51. The second-order valence-corrected chi connectivity index (χ2v) is 12.2. The fraction of sp³-hybridized carbons (Fsp3) is 0.657. The molecule has 0 aromatic heterocycles. The van der Waals surface area contributed by atoms with E-state index in [4.69, 9.17) is 0 Å². The number of benzene rings is 2. The van der Waals surface area contributed by atoms with E-state index in [9.17, 15) is 10.2 Å². The van der Waals surface area contributed by atoms with Gasteiger partial charge < -0.3 is 10.2 Å². The first-order chi connectivity index (χ1) is 18.2. The molecule has 0 fully saturated rings. The molecular formula is C35H57NO2. The van der Waals surface area contributed by atoms with Gasteiger partial charge >= 0.3 is 0 Å². The highest BCUT2D eigenvalue weighted by molar-refractivity contribution is 5.30. The fourth-order valence-corrected chi connectivity index (χ4v) is 6.72. The van der Waals surface area contributed by atoms with Crippen molar-refractivity contribution in [2.24, 2.45) is 0 Å². The zero-order chi connectivity index (χ0) is 28.0. The Hall–Kier alpha value is -1.68. The van der Waals surface area contributed by atoms with Crippen LogP contribution in [-0.2, 0) is 11.1 Å². The Kier molecular flexibility index (Phi) is 14.1. The molecule has 2 rings (SSSR count). The van der Waals surface area contributed by atoms with Gasteiger partial charge in [-0.2, -0.15) is 0 Å². The zero-order valence-electron chi connectivity index (χ0n) is 25.3. The quantitative estimate of drug-likeness (QED) is 0.181. The summed E-state index contributed by atoms with van der Waals surface area (Å²) in [5.74, 6) is 0. The molecule has 4 atom stereocenters. The minimum absolute atomic E-state index is 0.199. The third-order valence-corrected chi connectivity index (χ3v) is 8.42. The molecule has 3 heteroatoms. The molecular weight excluding hydrogens is 466 g/mol. The van der Waals surface area contributed by atoms with Crippen molar-refractivity contribution in [3.8, 4) is 0 Å². The first-order valence-corrected chi connectivity index (χ1v) is 15.5.